The lowest BCUT2D eigenvalue weighted by Crippen LogP contribution is -2.33. The number of carbonyl (C=O) groups is 1. The third-order valence-electron chi connectivity index (χ3n) is 5.60. The summed E-state index contributed by atoms with van der Waals surface area (Å²) in [5, 5.41) is 3.39. The number of ether oxygens (including phenoxy) is 1. The van der Waals surface area contributed by atoms with Crippen molar-refractivity contribution in [1.82, 2.24) is 0 Å². The minimum atomic E-state index is -0.388. The summed E-state index contributed by atoms with van der Waals surface area (Å²) in [5.41, 5.74) is 12.1. The van der Waals surface area contributed by atoms with Crippen LogP contribution in [-0.2, 0) is 15.6 Å². The van der Waals surface area contributed by atoms with E-state index in [1.165, 1.54) is 31.1 Å². The van der Waals surface area contributed by atoms with Crippen molar-refractivity contribution in [3.05, 3.63) is 53.1 Å². The van der Waals surface area contributed by atoms with E-state index in [0.717, 1.165) is 11.4 Å². The van der Waals surface area contributed by atoms with Gasteiger partial charge in [-0.25, -0.2) is 4.79 Å². The van der Waals surface area contributed by atoms with Gasteiger partial charge >= 0.3 is 5.97 Å². The van der Waals surface area contributed by atoms with Gasteiger partial charge in [-0.1, -0.05) is 33.8 Å². The molecule has 0 bridgehead atoms. The summed E-state index contributed by atoms with van der Waals surface area (Å²) in [7, 11) is 1.36. The number of hydrogen-bond donors (Lipinski definition) is 2. The Morgan fingerprint density at radius 3 is 2.27 bits per heavy atom. The Bertz CT molecular complexity index is 853. The first kappa shape index (κ1) is 18.3. The summed E-state index contributed by atoms with van der Waals surface area (Å²) in [6, 6.07) is 11.8. The summed E-state index contributed by atoms with van der Waals surface area (Å²) < 4.78 is 4.74. The number of nitrogens with one attached hydrogen (secondary N) is 1. The molecule has 0 saturated heterocycles. The first-order valence-electron chi connectivity index (χ1n) is 9.04. The van der Waals surface area contributed by atoms with Crippen LogP contribution in [0.25, 0.3) is 0 Å². The van der Waals surface area contributed by atoms with Crippen molar-refractivity contribution in [2.45, 2.75) is 51.4 Å². The predicted octanol–water partition coefficient (Wildman–Crippen LogP) is 5.15. The normalized spacial score (nSPS) is 17.3. The molecule has 138 valence electrons. The van der Waals surface area contributed by atoms with Crippen molar-refractivity contribution in [3.8, 4) is 0 Å². The average molecular weight is 352 g/mol. The minimum absolute atomic E-state index is 0.156. The SMILES string of the molecule is COC(=O)c1ccc(Nc2ccc3c(c2)C(C)(C)CCC3(C)C)c(N)c1. The summed E-state index contributed by atoms with van der Waals surface area (Å²) in [6.07, 6.45) is 2.37. The van der Waals surface area contributed by atoms with Crippen molar-refractivity contribution >= 4 is 23.0 Å². The van der Waals surface area contributed by atoms with E-state index in [1.54, 1.807) is 12.1 Å². The lowest BCUT2D eigenvalue weighted by molar-refractivity contribution is 0.0601. The van der Waals surface area contributed by atoms with E-state index in [2.05, 4.69) is 51.2 Å². The molecule has 0 atom stereocenters. The molecule has 0 heterocycles. The fraction of sp³-hybridized carbons (Fsp3) is 0.409. The fourth-order valence-electron chi connectivity index (χ4n) is 3.74. The van der Waals surface area contributed by atoms with Crippen LogP contribution in [0.5, 0.6) is 0 Å². The van der Waals surface area contributed by atoms with Crippen LogP contribution in [0.4, 0.5) is 17.1 Å². The number of esters is 1. The van der Waals surface area contributed by atoms with Gasteiger partial charge in [-0.05, 0) is 65.1 Å². The second-order valence-corrected chi connectivity index (χ2v) is 8.45. The molecule has 0 unspecified atom stereocenters. The van der Waals surface area contributed by atoms with Crippen LogP contribution in [-0.4, -0.2) is 13.1 Å². The van der Waals surface area contributed by atoms with Gasteiger partial charge in [0.1, 0.15) is 0 Å². The van der Waals surface area contributed by atoms with Crippen LogP contribution in [0.15, 0.2) is 36.4 Å². The molecule has 0 fully saturated rings. The third kappa shape index (κ3) is 3.28. The molecule has 26 heavy (non-hydrogen) atoms. The molecule has 2 aromatic carbocycles. The van der Waals surface area contributed by atoms with Gasteiger partial charge in [0.05, 0.1) is 24.0 Å². The average Bonchev–Trinajstić information content (AvgIpc) is 2.60. The molecule has 0 spiro atoms. The highest BCUT2D eigenvalue weighted by atomic mass is 16.5. The number of rotatable bonds is 3. The molecule has 3 N–H and O–H groups in total. The van der Waals surface area contributed by atoms with E-state index in [1.807, 2.05) is 6.07 Å². The zero-order valence-electron chi connectivity index (χ0n) is 16.3. The Hall–Kier alpha value is -2.49. The number of fused-ring (bicyclic) bond motifs is 1. The Balaban J connectivity index is 1.94. The van der Waals surface area contributed by atoms with Gasteiger partial charge in [0.2, 0.25) is 0 Å². The number of nitrogens with two attached hydrogens (primary N) is 1. The van der Waals surface area contributed by atoms with Gasteiger partial charge in [-0.15, -0.1) is 0 Å². The van der Waals surface area contributed by atoms with E-state index in [0.29, 0.717) is 11.3 Å². The quantitative estimate of drug-likeness (QED) is 0.592. The van der Waals surface area contributed by atoms with Gasteiger partial charge in [0, 0.05) is 5.69 Å². The molecule has 3 rings (SSSR count). The summed E-state index contributed by atoms with van der Waals surface area (Å²) >= 11 is 0. The maximum absolute atomic E-state index is 11.6. The summed E-state index contributed by atoms with van der Waals surface area (Å²) in [5.74, 6) is -0.388. The maximum Gasteiger partial charge on any atom is 0.337 e. The van der Waals surface area contributed by atoms with Gasteiger partial charge in [0.15, 0.2) is 0 Å². The number of carbonyl (C=O) groups excluding carboxylic acids is 1. The molecule has 1 aliphatic rings. The van der Waals surface area contributed by atoms with E-state index in [4.69, 9.17) is 10.5 Å². The Morgan fingerprint density at radius 2 is 1.65 bits per heavy atom. The van der Waals surface area contributed by atoms with Crippen molar-refractivity contribution in [2.24, 2.45) is 0 Å². The molecule has 0 amide bonds. The van der Waals surface area contributed by atoms with Crippen molar-refractivity contribution < 1.29 is 9.53 Å². The van der Waals surface area contributed by atoms with E-state index >= 15 is 0 Å². The number of benzene rings is 2. The first-order chi connectivity index (χ1) is 12.1. The van der Waals surface area contributed by atoms with Crippen LogP contribution in [0.1, 0.15) is 62.0 Å². The first-order valence-corrected chi connectivity index (χ1v) is 9.04. The number of methoxy groups -OCH3 is 1. The Labute approximate surface area is 155 Å². The summed E-state index contributed by atoms with van der Waals surface area (Å²) in [6.45, 7) is 9.25. The Kier molecular flexibility index (Phi) is 4.47. The van der Waals surface area contributed by atoms with Crippen LogP contribution < -0.4 is 11.1 Å². The molecule has 4 heteroatoms. The second-order valence-electron chi connectivity index (χ2n) is 8.45. The largest absolute Gasteiger partial charge is 0.465 e. The molecule has 0 aromatic heterocycles. The van der Waals surface area contributed by atoms with E-state index in [9.17, 15) is 4.79 Å². The van der Waals surface area contributed by atoms with E-state index in [-0.39, 0.29) is 16.8 Å². The standard InChI is InChI=1S/C22H28N2O2/c1-21(2)10-11-22(3,4)17-13-15(7-8-16(17)21)24-19-9-6-14(12-18(19)23)20(25)26-5/h6-9,12-13,24H,10-11,23H2,1-5H3. The van der Waals surface area contributed by atoms with Crippen molar-refractivity contribution in [2.75, 3.05) is 18.2 Å². The van der Waals surface area contributed by atoms with Crippen LogP contribution >= 0.6 is 0 Å². The third-order valence-corrected chi connectivity index (χ3v) is 5.60. The molecule has 0 aliphatic heterocycles. The lowest BCUT2D eigenvalue weighted by atomic mass is 9.63. The molecule has 1 aliphatic carbocycles. The molecule has 4 nitrogen and oxygen atoms in total. The molecule has 0 saturated carbocycles. The van der Waals surface area contributed by atoms with Crippen molar-refractivity contribution in [1.29, 1.82) is 0 Å². The zero-order valence-corrected chi connectivity index (χ0v) is 16.3. The van der Waals surface area contributed by atoms with Gasteiger partial charge in [-0.3, -0.25) is 0 Å². The molecule has 2 aromatic rings. The highest BCUT2D eigenvalue weighted by molar-refractivity contribution is 5.92. The maximum atomic E-state index is 11.6. The topological polar surface area (TPSA) is 64.3 Å². The van der Waals surface area contributed by atoms with Gasteiger partial charge in [-0.2, -0.15) is 0 Å². The number of nitrogen functional groups attached to an aromatic ring is 1. The highest BCUT2D eigenvalue weighted by Gasteiger charge is 2.36. The van der Waals surface area contributed by atoms with Gasteiger partial charge < -0.3 is 15.8 Å². The second kappa shape index (κ2) is 6.35. The fourth-order valence-corrected chi connectivity index (χ4v) is 3.74. The smallest absolute Gasteiger partial charge is 0.337 e. The highest BCUT2D eigenvalue weighted by Crippen LogP contribution is 2.46. The van der Waals surface area contributed by atoms with Crippen molar-refractivity contribution in [3.63, 3.8) is 0 Å². The Morgan fingerprint density at radius 1 is 1.00 bits per heavy atom. The molecular weight excluding hydrogens is 324 g/mol. The van der Waals surface area contributed by atoms with Crippen LogP contribution in [0, 0.1) is 0 Å². The zero-order chi connectivity index (χ0) is 19.1. The monoisotopic (exact) mass is 352 g/mol. The summed E-state index contributed by atoms with van der Waals surface area (Å²) in [4.78, 5) is 11.6. The lowest BCUT2D eigenvalue weighted by Gasteiger charge is -2.42. The number of hydrogen-bond acceptors (Lipinski definition) is 4. The molecular formula is C22H28N2O2. The van der Waals surface area contributed by atoms with Gasteiger partial charge in [0.25, 0.3) is 0 Å². The van der Waals surface area contributed by atoms with Crippen LogP contribution in [0.3, 0.4) is 0 Å². The molecule has 0 radical (unpaired) electrons. The minimum Gasteiger partial charge on any atom is -0.465 e. The van der Waals surface area contributed by atoms with Crippen LogP contribution in [0.2, 0.25) is 0 Å². The number of anilines is 3. The van der Waals surface area contributed by atoms with E-state index < -0.39 is 0 Å². The predicted molar refractivity (Wildman–Crippen MR) is 107 cm³/mol.